The van der Waals surface area contributed by atoms with Gasteiger partial charge in [0.1, 0.15) is 29.8 Å². The SMILES string of the molecule is Cc1nc2c(-c3ccc(OC[C@@](C)(N)CC(C)C)c(C#N)c3)ccnc2[nH]1. The van der Waals surface area contributed by atoms with Gasteiger partial charge < -0.3 is 15.5 Å². The summed E-state index contributed by atoms with van der Waals surface area (Å²) < 4.78 is 5.89. The van der Waals surface area contributed by atoms with E-state index in [1.54, 1.807) is 6.20 Å². The number of pyridine rings is 1. The highest BCUT2D eigenvalue weighted by Gasteiger charge is 2.22. The number of ether oxygens (including phenoxy) is 1. The van der Waals surface area contributed by atoms with Crippen molar-refractivity contribution in [2.24, 2.45) is 11.7 Å². The van der Waals surface area contributed by atoms with E-state index in [4.69, 9.17) is 10.5 Å². The molecule has 0 fully saturated rings. The summed E-state index contributed by atoms with van der Waals surface area (Å²) in [5.41, 5.74) is 9.70. The number of benzene rings is 1. The average molecular weight is 363 g/mol. The smallest absolute Gasteiger partial charge is 0.157 e. The lowest BCUT2D eigenvalue weighted by molar-refractivity contribution is 0.206. The van der Waals surface area contributed by atoms with Crippen molar-refractivity contribution in [2.45, 2.75) is 39.7 Å². The number of aryl methyl sites for hydroxylation is 1. The van der Waals surface area contributed by atoms with Crippen molar-refractivity contribution in [3.63, 3.8) is 0 Å². The number of nitrogens with two attached hydrogens (primary N) is 1. The van der Waals surface area contributed by atoms with Crippen LogP contribution in [0.15, 0.2) is 30.5 Å². The molecule has 0 aliphatic rings. The molecule has 3 aromatic rings. The zero-order chi connectivity index (χ0) is 19.6. The van der Waals surface area contributed by atoms with E-state index in [-0.39, 0.29) is 0 Å². The minimum atomic E-state index is -0.441. The summed E-state index contributed by atoms with van der Waals surface area (Å²) in [6, 6.07) is 9.71. The van der Waals surface area contributed by atoms with Crippen molar-refractivity contribution < 1.29 is 4.74 Å². The van der Waals surface area contributed by atoms with Gasteiger partial charge in [-0.2, -0.15) is 5.26 Å². The fraction of sp³-hybridized carbons (Fsp3) is 0.381. The third-order valence-electron chi connectivity index (χ3n) is 4.35. The molecule has 27 heavy (non-hydrogen) atoms. The molecular formula is C21H25N5O. The molecule has 0 radical (unpaired) electrons. The van der Waals surface area contributed by atoms with Crippen LogP contribution in [0.5, 0.6) is 5.75 Å². The van der Waals surface area contributed by atoms with Crippen LogP contribution in [-0.4, -0.2) is 27.1 Å². The Bertz CT molecular complexity index is 997. The molecule has 3 N–H and O–H groups in total. The molecule has 140 valence electrons. The molecule has 1 aromatic carbocycles. The van der Waals surface area contributed by atoms with E-state index in [1.165, 1.54) is 0 Å². The Balaban J connectivity index is 1.89. The van der Waals surface area contributed by atoms with Crippen LogP contribution >= 0.6 is 0 Å². The van der Waals surface area contributed by atoms with Crippen LogP contribution in [0, 0.1) is 24.2 Å². The van der Waals surface area contributed by atoms with Crippen LogP contribution in [0.2, 0.25) is 0 Å². The van der Waals surface area contributed by atoms with Crippen molar-refractivity contribution in [2.75, 3.05) is 6.61 Å². The first kappa shape index (κ1) is 18.9. The lowest BCUT2D eigenvalue weighted by atomic mass is 9.93. The molecule has 6 nitrogen and oxygen atoms in total. The van der Waals surface area contributed by atoms with Crippen LogP contribution in [-0.2, 0) is 0 Å². The Morgan fingerprint density at radius 3 is 2.81 bits per heavy atom. The van der Waals surface area contributed by atoms with Crippen LogP contribution in [0.4, 0.5) is 0 Å². The standard InChI is InChI=1S/C21H25N5O/c1-13(2)10-21(4,23)12-27-18-6-5-15(9-16(18)11-22)17-7-8-24-20-19(17)25-14(3)26-20/h5-9,13H,10,12,23H2,1-4H3,(H,24,25,26)/t21-/m0/s1. The summed E-state index contributed by atoms with van der Waals surface area (Å²) in [4.78, 5) is 12.0. The number of imidazole rings is 1. The Kier molecular flexibility index (Phi) is 5.15. The van der Waals surface area contributed by atoms with Gasteiger partial charge >= 0.3 is 0 Å². The van der Waals surface area contributed by atoms with E-state index in [1.807, 2.05) is 38.1 Å². The molecule has 2 aromatic heterocycles. The summed E-state index contributed by atoms with van der Waals surface area (Å²) in [5, 5.41) is 9.59. The fourth-order valence-electron chi connectivity index (χ4n) is 3.40. The molecule has 0 bridgehead atoms. The van der Waals surface area contributed by atoms with Gasteiger partial charge in [-0.25, -0.2) is 9.97 Å². The van der Waals surface area contributed by atoms with Crippen molar-refractivity contribution in [3.05, 3.63) is 41.9 Å². The number of aromatic amines is 1. The van der Waals surface area contributed by atoms with Crippen LogP contribution in [0.25, 0.3) is 22.3 Å². The molecule has 6 heteroatoms. The number of aromatic nitrogens is 3. The number of hydrogen-bond donors (Lipinski definition) is 2. The maximum Gasteiger partial charge on any atom is 0.157 e. The molecule has 0 spiro atoms. The predicted molar refractivity (Wildman–Crippen MR) is 106 cm³/mol. The number of nitrogens with one attached hydrogen (secondary N) is 1. The van der Waals surface area contributed by atoms with E-state index in [0.717, 1.165) is 34.5 Å². The molecule has 0 saturated heterocycles. The second-order valence-electron chi connectivity index (χ2n) is 7.74. The molecule has 0 aliphatic heterocycles. The number of nitrogens with zero attached hydrogens (tertiary/aromatic N) is 3. The van der Waals surface area contributed by atoms with E-state index in [2.05, 4.69) is 34.9 Å². The average Bonchev–Trinajstić information content (AvgIpc) is 2.99. The quantitative estimate of drug-likeness (QED) is 0.690. The van der Waals surface area contributed by atoms with E-state index < -0.39 is 5.54 Å². The number of nitriles is 1. The Hall–Kier alpha value is -2.91. The third kappa shape index (κ3) is 4.26. The fourth-order valence-corrected chi connectivity index (χ4v) is 3.40. The maximum absolute atomic E-state index is 9.59. The van der Waals surface area contributed by atoms with Crippen molar-refractivity contribution in [3.8, 4) is 22.9 Å². The molecule has 2 heterocycles. The van der Waals surface area contributed by atoms with Gasteiger partial charge in [0.15, 0.2) is 5.65 Å². The third-order valence-corrected chi connectivity index (χ3v) is 4.35. The van der Waals surface area contributed by atoms with Crippen LogP contribution in [0.1, 0.15) is 38.6 Å². The van der Waals surface area contributed by atoms with Crippen molar-refractivity contribution in [1.29, 1.82) is 5.26 Å². The normalized spacial score (nSPS) is 13.5. The van der Waals surface area contributed by atoms with Crippen LogP contribution < -0.4 is 10.5 Å². The Morgan fingerprint density at radius 2 is 2.11 bits per heavy atom. The largest absolute Gasteiger partial charge is 0.490 e. The summed E-state index contributed by atoms with van der Waals surface area (Å²) in [6.07, 6.45) is 2.58. The zero-order valence-corrected chi connectivity index (χ0v) is 16.2. The van der Waals surface area contributed by atoms with Gasteiger partial charge in [0.05, 0.1) is 5.56 Å². The monoisotopic (exact) mass is 363 g/mol. The van der Waals surface area contributed by atoms with Crippen molar-refractivity contribution >= 4 is 11.2 Å². The summed E-state index contributed by atoms with van der Waals surface area (Å²) in [5.74, 6) is 1.83. The number of H-pyrrole nitrogens is 1. The number of hydrogen-bond acceptors (Lipinski definition) is 5. The highest BCUT2D eigenvalue weighted by Crippen LogP contribution is 2.30. The summed E-state index contributed by atoms with van der Waals surface area (Å²) in [7, 11) is 0. The highest BCUT2D eigenvalue weighted by atomic mass is 16.5. The lowest BCUT2D eigenvalue weighted by Gasteiger charge is -2.26. The highest BCUT2D eigenvalue weighted by molar-refractivity contribution is 5.90. The molecule has 0 amide bonds. The van der Waals surface area contributed by atoms with Gasteiger partial charge in [-0.3, -0.25) is 0 Å². The molecule has 0 unspecified atom stereocenters. The van der Waals surface area contributed by atoms with Gasteiger partial charge in [-0.1, -0.05) is 19.9 Å². The van der Waals surface area contributed by atoms with Crippen LogP contribution in [0.3, 0.4) is 0 Å². The molecule has 3 rings (SSSR count). The maximum atomic E-state index is 9.59. The number of rotatable bonds is 6. The van der Waals surface area contributed by atoms with Gasteiger partial charge in [0, 0.05) is 17.3 Å². The second kappa shape index (κ2) is 7.37. The predicted octanol–water partition coefficient (Wildman–Crippen LogP) is 3.95. The molecular weight excluding hydrogens is 338 g/mol. The van der Waals surface area contributed by atoms with E-state index in [0.29, 0.717) is 23.8 Å². The first-order valence-electron chi connectivity index (χ1n) is 9.06. The van der Waals surface area contributed by atoms with E-state index in [9.17, 15) is 5.26 Å². The minimum absolute atomic E-state index is 0.358. The molecule has 0 saturated carbocycles. The van der Waals surface area contributed by atoms with Crippen molar-refractivity contribution in [1.82, 2.24) is 15.0 Å². The van der Waals surface area contributed by atoms with Gasteiger partial charge in [-0.15, -0.1) is 0 Å². The molecule has 1 atom stereocenters. The Labute approximate surface area is 159 Å². The van der Waals surface area contributed by atoms with Gasteiger partial charge in [0.25, 0.3) is 0 Å². The Morgan fingerprint density at radius 1 is 1.33 bits per heavy atom. The first-order chi connectivity index (χ1) is 12.8. The zero-order valence-electron chi connectivity index (χ0n) is 16.2. The lowest BCUT2D eigenvalue weighted by Crippen LogP contribution is -2.43. The second-order valence-corrected chi connectivity index (χ2v) is 7.74. The topological polar surface area (TPSA) is 101 Å². The van der Waals surface area contributed by atoms with Gasteiger partial charge in [0.2, 0.25) is 0 Å². The van der Waals surface area contributed by atoms with Gasteiger partial charge in [-0.05, 0) is 49.9 Å². The van der Waals surface area contributed by atoms with E-state index >= 15 is 0 Å². The number of fused-ring (bicyclic) bond motifs is 1. The molecule has 0 aliphatic carbocycles. The first-order valence-corrected chi connectivity index (χ1v) is 9.06. The summed E-state index contributed by atoms with van der Waals surface area (Å²) >= 11 is 0. The summed E-state index contributed by atoms with van der Waals surface area (Å²) in [6.45, 7) is 8.49. The minimum Gasteiger partial charge on any atom is -0.490 e.